The van der Waals surface area contributed by atoms with Gasteiger partial charge in [-0.2, -0.15) is 0 Å². The molecule has 7 nitrogen and oxygen atoms in total. The lowest BCUT2D eigenvalue weighted by molar-refractivity contribution is 0.294. The number of hydrogen-bond donors (Lipinski definition) is 3. The molecule has 0 bridgehead atoms. The second kappa shape index (κ2) is 10.3. The van der Waals surface area contributed by atoms with Crippen LogP contribution in [0.3, 0.4) is 0 Å². The lowest BCUT2D eigenvalue weighted by Crippen LogP contribution is -2.21. The normalized spacial score (nSPS) is 15.1. The van der Waals surface area contributed by atoms with Gasteiger partial charge in [-0.3, -0.25) is 0 Å². The molecule has 0 saturated carbocycles. The van der Waals surface area contributed by atoms with Crippen LogP contribution in [0.4, 0.5) is 5.82 Å². The standard InChI is InChI=1S/C20H33N5O2S/c1-2-3-14-28(27)22-11-6-7-12-25-17(10-13-26)24-18-19(25)15-8-4-5-9-16(15)23-20(18)21/h22,26H,2-14H2,1H3,(H2,21,23). The highest BCUT2D eigenvalue weighted by Crippen LogP contribution is 2.31. The Morgan fingerprint density at radius 2 is 2.04 bits per heavy atom. The minimum absolute atomic E-state index is 0.0663. The molecule has 1 unspecified atom stereocenters. The van der Waals surface area contributed by atoms with Crippen LogP contribution in [0.5, 0.6) is 0 Å². The van der Waals surface area contributed by atoms with Crippen molar-refractivity contribution in [3.8, 4) is 0 Å². The SMILES string of the molecule is CCCCS(=O)NCCCCn1c(CCO)nc2c(N)nc3c(c21)CCCC3. The van der Waals surface area contributed by atoms with E-state index in [-0.39, 0.29) is 6.61 Å². The summed E-state index contributed by atoms with van der Waals surface area (Å²) >= 11 is 0. The van der Waals surface area contributed by atoms with Crippen molar-refractivity contribution in [3.05, 3.63) is 17.1 Å². The van der Waals surface area contributed by atoms with Gasteiger partial charge in [0.25, 0.3) is 0 Å². The van der Waals surface area contributed by atoms with Crippen molar-refractivity contribution in [3.63, 3.8) is 0 Å². The van der Waals surface area contributed by atoms with Gasteiger partial charge >= 0.3 is 0 Å². The van der Waals surface area contributed by atoms with Crippen LogP contribution in [0.25, 0.3) is 11.0 Å². The molecule has 1 aliphatic carbocycles. The predicted molar refractivity (Wildman–Crippen MR) is 115 cm³/mol. The molecular weight excluding hydrogens is 374 g/mol. The predicted octanol–water partition coefficient (Wildman–Crippen LogP) is 2.26. The molecule has 28 heavy (non-hydrogen) atoms. The lowest BCUT2D eigenvalue weighted by Gasteiger charge is -2.18. The molecule has 0 amide bonds. The first-order valence-electron chi connectivity index (χ1n) is 10.5. The zero-order valence-corrected chi connectivity index (χ0v) is 17.7. The minimum atomic E-state index is -0.922. The number of aliphatic hydroxyl groups excluding tert-OH is 1. The van der Waals surface area contributed by atoms with Crippen LogP contribution < -0.4 is 10.5 Å². The monoisotopic (exact) mass is 407 g/mol. The van der Waals surface area contributed by atoms with Gasteiger partial charge in [0.1, 0.15) is 11.3 Å². The summed E-state index contributed by atoms with van der Waals surface area (Å²) in [5.74, 6) is 2.10. The van der Waals surface area contributed by atoms with E-state index in [9.17, 15) is 9.32 Å². The molecule has 2 aromatic heterocycles. The summed E-state index contributed by atoms with van der Waals surface area (Å²) < 4.78 is 17.2. The van der Waals surface area contributed by atoms with Crippen molar-refractivity contribution < 1.29 is 9.32 Å². The Hall–Kier alpha value is -1.51. The van der Waals surface area contributed by atoms with Crippen LogP contribution >= 0.6 is 0 Å². The van der Waals surface area contributed by atoms with Crippen LogP contribution in [0, 0.1) is 0 Å². The second-order valence-corrected chi connectivity index (χ2v) is 8.87. The van der Waals surface area contributed by atoms with E-state index in [2.05, 4.69) is 21.2 Å². The number of pyridine rings is 1. The summed E-state index contributed by atoms with van der Waals surface area (Å²) in [4.78, 5) is 9.33. The van der Waals surface area contributed by atoms with E-state index in [1.54, 1.807) is 0 Å². The molecule has 3 rings (SSSR count). The zero-order chi connectivity index (χ0) is 19.9. The van der Waals surface area contributed by atoms with Crippen LogP contribution in [0.2, 0.25) is 0 Å². The summed E-state index contributed by atoms with van der Waals surface area (Å²) in [5, 5.41) is 9.47. The molecule has 0 spiro atoms. The third kappa shape index (κ3) is 4.90. The highest BCUT2D eigenvalue weighted by atomic mass is 32.2. The molecule has 2 aromatic rings. The van der Waals surface area contributed by atoms with Crippen molar-refractivity contribution in [1.82, 2.24) is 19.3 Å². The lowest BCUT2D eigenvalue weighted by atomic mass is 9.95. The number of hydrogen-bond acceptors (Lipinski definition) is 5. The minimum Gasteiger partial charge on any atom is -0.396 e. The van der Waals surface area contributed by atoms with Gasteiger partial charge in [0, 0.05) is 31.0 Å². The number of aliphatic hydroxyl groups is 1. The number of nitrogens with zero attached hydrogens (tertiary/aromatic N) is 3. The number of nitrogens with two attached hydrogens (primary N) is 1. The van der Waals surface area contributed by atoms with Gasteiger partial charge in [-0.25, -0.2) is 18.9 Å². The van der Waals surface area contributed by atoms with E-state index in [0.717, 1.165) is 86.3 Å². The van der Waals surface area contributed by atoms with Crippen LogP contribution in [0.1, 0.15) is 62.5 Å². The quantitative estimate of drug-likeness (QED) is 0.496. The van der Waals surface area contributed by atoms with Gasteiger partial charge in [0.05, 0.1) is 23.1 Å². The van der Waals surface area contributed by atoms with Crippen LogP contribution in [-0.2, 0) is 36.8 Å². The highest BCUT2D eigenvalue weighted by Gasteiger charge is 2.22. The maximum Gasteiger partial charge on any atom is 0.151 e. The number of unbranched alkanes of at least 4 members (excludes halogenated alkanes) is 2. The number of fused-ring (bicyclic) bond motifs is 3. The fourth-order valence-electron chi connectivity index (χ4n) is 3.91. The topological polar surface area (TPSA) is 106 Å². The molecule has 0 aliphatic heterocycles. The summed E-state index contributed by atoms with van der Waals surface area (Å²) in [6.45, 7) is 3.75. The molecule has 0 fully saturated rings. The second-order valence-electron chi connectivity index (χ2n) is 7.48. The molecule has 8 heteroatoms. The molecule has 0 saturated heterocycles. The molecule has 1 aliphatic rings. The number of imidazole rings is 1. The third-order valence-electron chi connectivity index (χ3n) is 5.36. The Kier molecular flexibility index (Phi) is 7.82. The van der Waals surface area contributed by atoms with Gasteiger partial charge in [0.15, 0.2) is 5.82 Å². The smallest absolute Gasteiger partial charge is 0.151 e. The van der Waals surface area contributed by atoms with Crippen molar-refractivity contribution in [2.45, 2.75) is 71.3 Å². The Labute approximate surface area is 169 Å². The van der Waals surface area contributed by atoms with E-state index in [0.29, 0.717) is 12.2 Å². The Morgan fingerprint density at radius 3 is 2.82 bits per heavy atom. The summed E-state index contributed by atoms with van der Waals surface area (Å²) in [6, 6.07) is 0. The summed E-state index contributed by atoms with van der Waals surface area (Å²) in [6.07, 6.45) is 8.79. The number of aryl methyl sites for hydroxylation is 3. The Balaban J connectivity index is 1.73. The molecule has 2 heterocycles. The molecule has 0 aromatic carbocycles. The average Bonchev–Trinajstić information content (AvgIpc) is 3.06. The van der Waals surface area contributed by atoms with Gasteiger partial charge in [-0.05, 0) is 50.5 Å². The van der Waals surface area contributed by atoms with E-state index >= 15 is 0 Å². The number of rotatable bonds is 11. The molecular formula is C20H33N5O2S. The van der Waals surface area contributed by atoms with Crippen molar-refractivity contribution >= 4 is 27.8 Å². The number of anilines is 1. The number of aromatic nitrogens is 3. The largest absolute Gasteiger partial charge is 0.396 e. The fraction of sp³-hybridized carbons (Fsp3) is 0.700. The fourth-order valence-corrected chi connectivity index (χ4v) is 4.98. The first kappa shape index (κ1) is 21.2. The van der Waals surface area contributed by atoms with E-state index < -0.39 is 11.0 Å². The first-order valence-corrected chi connectivity index (χ1v) is 11.9. The maximum absolute atomic E-state index is 11.8. The summed E-state index contributed by atoms with van der Waals surface area (Å²) in [5.41, 5.74) is 10.5. The van der Waals surface area contributed by atoms with Crippen LogP contribution in [-0.4, -0.2) is 42.8 Å². The Morgan fingerprint density at radius 1 is 1.21 bits per heavy atom. The third-order valence-corrected chi connectivity index (χ3v) is 6.55. The average molecular weight is 408 g/mol. The number of nitrogens with one attached hydrogen (secondary N) is 1. The molecule has 156 valence electrons. The van der Waals surface area contributed by atoms with E-state index in [1.807, 2.05) is 0 Å². The van der Waals surface area contributed by atoms with E-state index in [4.69, 9.17) is 10.7 Å². The molecule has 0 radical (unpaired) electrons. The van der Waals surface area contributed by atoms with E-state index in [1.165, 1.54) is 12.0 Å². The van der Waals surface area contributed by atoms with Gasteiger partial charge in [-0.15, -0.1) is 0 Å². The van der Waals surface area contributed by atoms with Gasteiger partial charge < -0.3 is 15.4 Å². The van der Waals surface area contributed by atoms with Crippen molar-refractivity contribution in [2.24, 2.45) is 0 Å². The molecule has 1 atom stereocenters. The van der Waals surface area contributed by atoms with Crippen LogP contribution in [0.15, 0.2) is 0 Å². The Bertz CT molecular complexity index is 821. The van der Waals surface area contributed by atoms with Crippen molar-refractivity contribution in [2.75, 3.05) is 24.6 Å². The van der Waals surface area contributed by atoms with Gasteiger partial charge in [-0.1, -0.05) is 13.3 Å². The number of nitrogen functional groups attached to an aromatic ring is 1. The maximum atomic E-state index is 11.8. The zero-order valence-electron chi connectivity index (χ0n) is 16.9. The molecule has 4 N–H and O–H groups in total. The van der Waals surface area contributed by atoms with Gasteiger partial charge in [0.2, 0.25) is 0 Å². The highest BCUT2D eigenvalue weighted by molar-refractivity contribution is 7.83. The summed E-state index contributed by atoms with van der Waals surface area (Å²) in [7, 11) is -0.922. The van der Waals surface area contributed by atoms with Crippen molar-refractivity contribution in [1.29, 1.82) is 0 Å². The first-order chi connectivity index (χ1) is 13.7.